The quantitative estimate of drug-likeness (QED) is 0.378. The SMILES string of the molecule is CCOC(=O)C(=C=[N-])N=Nc1ccccc1C(=O)O. The average Bonchev–Trinajstić information content (AvgIpc) is 2.40. The monoisotopic (exact) mass is 260 g/mol. The fraction of sp³-hybridized carbons (Fsp3) is 0.167. The Kier molecular flexibility index (Phi) is 5.13. The largest absolute Gasteiger partial charge is 0.761 e. The topological polar surface area (TPSA) is 111 Å². The Labute approximate surface area is 108 Å². The van der Waals surface area contributed by atoms with Gasteiger partial charge in [-0.1, -0.05) is 12.1 Å². The van der Waals surface area contributed by atoms with Gasteiger partial charge in [0.15, 0.2) is 5.70 Å². The van der Waals surface area contributed by atoms with E-state index in [2.05, 4.69) is 15.0 Å². The first kappa shape index (κ1) is 14.3. The molecule has 0 atom stereocenters. The molecule has 19 heavy (non-hydrogen) atoms. The van der Waals surface area contributed by atoms with E-state index < -0.39 is 17.6 Å². The van der Waals surface area contributed by atoms with E-state index in [4.69, 9.17) is 10.5 Å². The van der Waals surface area contributed by atoms with Gasteiger partial charge in [0.2, 0.25) is 0 Å². The summed E-state index contributed by atoms with van der Waals surface area (Å²) in [5, 5.41) is 24.6. The van der Waals surface area contributed by atoms with Crippen molar-refractivity contribution < 1.29 is 19.4 Å². The van der Waals surface area contributed by atoms with Crippen LogP contribution in [0, 0.1) is 0 Å². The summed E-state index contributed by atoms with van der Waals surface area (Å²) in [7, 11) is 0. The van der Waals surface area contributed by atoms with Crippen molar-refractivity contribution in [3.05, 3.63) is 40.9 Å². The Balaban J connectivity index is 3.02. The van der Waals surface area contributed by atoms with Crippen molar-refractivity contribution in [3.8, 4) is 0 Å². The number of carbonyl (C=O) groups excluding carboxylic acids is 1. The minimum Gasteiger partial charge on any atom is -0.761 e. The van der Waals surface area contributed by atoms with Crippen LogP contribution in [0.25, 0.3) is 5.41 Å². The van der Waals surface area contributed by atoms with E-state index in [0.29, 0.717) is 0 Å². The predicted octanol–water partition coefficient (Wildman–Crippen LogP) is 2.15. The fourth-order valence-corrected chi connectivity index (χ4v) is 1.15. The molecular weight excluding hydrogens is 250 g/mol. The highest BCUT2D eigenvalue weighted by Gasteiger charge is 2.10. The lowest BCUT2D eigenvalue weighted by Gasteiger charge is -2.01. The van der Waals surface area contributed by atoms with Crippen LogP contribution in [-0.2, 0) is 9.53 Å². The lowest BCUT2D eigenvalue weighted by Crippen LogP contribution is -2.06. The summed E-state index contributed by atoms with van der Waals surface area (Å²) in [6.07, 6.45) is 0. The molecule has 0 radical (unpaired) electrons. The number of hydrogen-bond acceptors (Lipinski definition) is 5. The van der Waals surface area contributed by atoms with E-state index in [1.807, 2.05) is 0 Å². The van der Waals surface area contributed by atoms with E-state index in [0.717, 1.165) is 0 Å². The Morgan fingerprint density at radius 3 is 2.68 bits per heavy atom. The molecule has 1 aromatic carbocycles. The van der Waals surface area contributed by atoms with Gasteiger partial charge in [-0.3, -0.25) is 0 Å². The summed E-state index contributed by atoms with van der Waals surface area (Å²) in [5.41, 5.74) is -0.568. The minimum absolute atomic E-state index is 0.0482. The molecule has 0 amide bonds. The third kappa shape index (κ3) is 3.86. The number of aromatic carboxylic acids is 1. The average molecular weight is 260 g/mol. The van der Waals surface area contributed by atoms with Crippen molar-refractivity contribution >= 4 is 23.5 Å². The summed E-state index contributed by atoms with van der Waals surface area (Å²) in [6.45, 7) is 1.69. The Hall–Kier alpha value is -2.79. The Morgan fingerprint density at radius 1 is 1.42 bits per heavy atom. The molecule has 0 saturated heterocycles. The Morgan fingerprint density at radius 2 is 2.11 bits per heavy atom. The van der Waals surface area contributed by atoms with Gasteiger partial charge in [0.05, 0.1) is 12.2 Å². The van der Waals surface area contributed by atoms with Crippen LogP contribution in [0.15, 0.2) is 40.2 Å². The molecule has 0 spiro atoms. The molecule has 7 heteroatoms. The van der Waals surface area contributed by atoms with Crippen LogP contribution >= 0.6 is 0 Å². The van der Waals surface area contributed by atoms with Crippen molar-refractivity contribution in [2.75, 3.05) is 6.61 Å². The molecule has 0 aromatic heterocycles. The molecule has 7 nitrogen and oxygen atoms in total. The number of rotatable bonds is 5. The molecule has 0 fully saturated rings. The number of ether oxygens (including phenoxy) is 1. The van der Waals surface area contributed by atoms with Crippen molar-refractivity contribution in [1.82, 2.24) is 0 Å². The zero-order valence-corrected chi connectivity index (χ0v) is 10.0. The van der Waals surface area contributed by atoms with E-state index >= 15 is 0 Å². The van der Waals surface area contributed by atoms with E-state index in [9.17, 15) is 9.59 Å². The van der Waals surface area contributed by atoms with Crippen LogP contribution in [0.3, 0.4) is 0 Å². The predicted molar refractivity (Wildman–Crippen MR) is 66.4 cm³/mol. The molecule has 0 heterocycles. The van der Waals surface area contributed by atoms with Crippen molar-refractivity contribution in [2.45, 2.75) is 6.92 Å². The summed E-state index contributed by atoms with van der Waals surface area (Å²) in [5.74, 6) is -0.538. The molecule has 0 unspecified atom stereocenters. The van der Waals surface area contributed by atoms with Crippen LogP contribution in [0.1, 0.15) is 17.3 Å². The molecule has 1 N–H and O–H groups in total. The normalized spacial score (nSPS) is 9.95. The number of carboxylic acid groups (broad SMARTS) is 1. The number of esters is 1. The minimum atomic E-state index is -1.18. The second-order valence-corrected chi connectivity index (χ2v) is 3.20. The summed E-state index contributed by atoms with van der Waals surface area (Å²) < 4.78 is 4.59. The highest BCUT2D eigenvalue weighted by atomic mass is 16.5. The summed E-state index contributed by atoms with van der Waals surface area (Å²) in [4.78, 5) is 22.2. The number of hydrogen-bond donors (Lipinski definition) is 1. The first-order chi connectivity index (χ1) is 9.10. The molecular formula is C12H10N3O4-. The smallest absolute Gasteiger partial charge is 0.365 e. The maximum absolute atomic E-state index is 11.3. The third-order valence-corrected chi connectivity index (χ3v) is 1.97. The van der Waals surface area contributed by atoms with Gasteiger partial charge >= 0.3 is 11.9 Å². The van der Waals surface area contributed by atoms with Crippen LogP contribution in [-0.4, -0.2) is 29.5 Å². The molecule has 0 bridgehead atoms. The molecule has 0 aliphatic carbocycles. The van der Waals surface area contributed by atoms with Crippen LogP contribution < -0.4 is 0 Å². The first-order valence-electron chi connectivity index (χ1n) is 5.28. The van der Waals surface area contributed by atoms with Gasteiger partial charge in [-0.05, 0) is 19.1 Å². The van der Waals surface area contributed by atoms with Gasteiger partial charge in [0, 0.05) is 0 Å². The highest BCUT2D eigenvalue weighted by Crippen LogP contribution is 2.19. The molecule has 1 rings (SSSR count). The summed E-state index contributed by atoms with van der Waals surface area (Å²) >= 11 is 0. The molecule has 1 aromatic rings. The maximum Gasteiger partial charge on any atom is 0.365 e. The zero-order valence-electron chi connectivity index (χ0n) is 10.0. The van der Waals surface area contributed by atoms with Crippen LogP contribution in [0.4, 0.5) is 5.69 Å². The molecule has 0 aliphatic heterocycles. The van der Waals surface area contributed by atoms with Crippen LogP contribution in [0.5, 0.6) is 0 Å². The molecule has 98 valence electrons. The zero-order chi connectivity index (χ0) is 14.3. The number of azo groups is 1. The number of carboxylic acids is 1. The van der Waals surface area contributed by atoms with Gasteiger partial charge in [-0.2, -0.15) is 0 Å². The van der Waals surface area contributed by atoms with Gasteiger partial charge in [0.1, 0.15) is 5.69 Å². The van der Waals surface area contributed by atoms with Crippen LogP contribution in [0.2, 0.25) is 0 Å². The number of nitrogens with zero attached hydrogens (tertiary/aromatic N) is 3. The van der Waals surface area contributed by atoms with Gasteiger partial charge in [-0.25, -0.2) is 15.5 Å². The van der Waals surface area contributed by atoms with Gasteiger partial charge < -0.3 is 15.3 Å². The summed E-state index contributed by atoms with van der Waals surface area (Å²) in [6, 6.07) is 5.85. The number of benzene rings is 1. The molecule has 0 saturated carbocycles. The number of carbonyl (C=O) groups is 2. The van der Waals surface area contributed by atoms with Crippen molar-refractivity contribution in [2.24, 2.45) is 10.2 Å². The van der Waals surface area contributed by atoms with Crippen molar-refractivity contribution in [3.63, 3.8) is 0 Å². The first-order valence-corrected chi connectivity index (χ1v) is 5.28. The second kappa shape index (κ2) is 6.83. The highest BCUT2D eigenvalue weighted by molar-refractivity contribution is 5.98. The lowest BCUT2D eigenvalue weighted by atomic mass is 10.2. The van der Waals surface area contributed by atoms with E-state index in [1.165, 1.54) is 24.1 Å². The van der Waals surface area contributed by atoms with Crippen molar-refractivity contribution in [1.29, 1.82) is 0 Å². The van der Waals surface area contributed by atoms with Gasteiger partial charge in [-0.15, -0.1) is 10.2 Å². The molecule has 0 aliphatic rings. The second-order valence-electron chi connectivity index (χ2n) is 3.20. The van der Waals surface area contributed by atoms with E-state index in [1.54, 1.807) is 13.0 Å². The van der Waals surface area contributed by atoms with E-state index in [-0.39, 0.29) is 17.9 Å². The Bertz CT molecular complexity index is 574. The fourth-order valence-electron chi connectivity index (χ4n) is 1.15. The standard InChI is InChI=1S/C12H10N3O4/c1-2-19-12(18)10(7-13)15-14-9-6-4-3-5-8(9)11(16)17/h3-6H,2H2,1H3,(H,16,17)/q-1. The third-order valence-electron chi connectivity index (χ3n) is 1.97. The lowest BCUT2D eigenvalue weighted by molar-refractivity contribution is -0.138. The maximum atomic E-state index is 11.3. The van der Waals surface area contributed by atoms with Gasteiger partial charge in [0.25, 0.3) is 0 Å².